The van der Waals surface area contributed by atoms with Crippen molar-refractivity contribution in [1.82, 2.24) is 4.57 Å². The molecular weight excluding hydrogens is 288 g/mol. The number of hydrogen-bond donors (Lipinski definition) is 0. The highest BCUT2D eigenvalue weighted by molar-refractivity contribution is 5.29. The van der Waals surface area contributed by atoms with Crippen LogP contribution in [-0.2, 0) is 17.9 Å². The van der Waals surface area contributed by atoms with Crippen molar-refractivity contribution < 1.29 is 14.5 Å². The molecule has 4 nitrogen and oxygen atoms in total. The highest BCUT2D eigenvalue weighted by atomic mass is 16.3. The van der Waals surface area contributed by atoms with Crippen molar-refractivity contribution in [1.29, 1.82) is 0 Å². The lowest BCUT2D eigenvalue weighted by molar-refractivity contribution is -0.687. The highest BCUT2D eigenvalue weighted by Gasteiger charge is 2.11. The monoisotopic (exact) mass is 316 g/mol. The van der Waals surface area contributed by atoms with Crippen molar-refractivity contribution >= 4 is 6.47 Å². The molecule has 0 N–H and O–H groups in total. The Hall–Kier alpha value is -2.10. The van der Waals surface area contributed by atoms with Crippen LogP contribution in [0.15, 0.2) is 49.1 Å². The fourth-order valence-corrected chi connectivity index (χ4v) is 2.65. The SMILES string of the molecule is CCCCC(CC)Cn1cc[n+](Cc2ccccc2)c1.O=C[O-]. The lowest BCUT2D eigenvalue weighted by atomic mass is 9.99. The number of carboxylic acid groups (broad SMARTS) is 1. The Morgan fingerprint density at radius 2 is 1.96 bits per heavy atom. The van der Waals surface area contributed by atoms with E-state index in [9.17, 15) is 0 Å². The average molecular weight is 316 g/mol. The second-order valence-corrected chi connectivity index (χ2v) is 5.78. The van der Waals surface area contributed by atoms with E-state index in [-0.39, 0.29) is 0 Å². The van der Waals surface area contributed by atoms with Gasteiger partial charge in [0.15, 0.2) is 0 Å². The summed E-state index contributed by atoms with van der Waals surface area (Å²) in [5.74, 6) is 0.813. The molecule has 1 unspecified atom stereocenters. The molecule has 0 aliphatic rings. The van der Waals surface area contributed by atoms with Gasteiger partial charge in [-0.2, -0.15) is 0 Å². The van der Waals surface area contributed by atoms with Crippen molar-refractivity contribution in [2.45, 2.75) is 52.6 Å². The van der Waals surface area contributed by atoms with Crippen LogP contribution in [0, 0.1) is 5.92 Å². The lowest BCUT2D eigenvalue weighted by Gasteiger charge is -2.11. The second-order valence-electron chi connectivity index (χ2n) is 5.78. The maximum atomic E-state index is 8.25. The molecule has 4 heteroatoms. The third kappa shape index (κ3) is 7.63. The third-order valence-corrected chi connectivity index (χ3v) is 3.97. The van der Waals surface area contributed by atoms with Gasteiger partial charge in [0.1, 0.15) is 18.9 Å². The van der Waals surface area contributed by atoms with Crippen LogP contribution in [0.5, 0.6) is 0 Å². The minimum absolute atomic E-state index is 0.500. The summed E-state index contributed by atoms with van der Waals surface area (Å²) in [5.41, 5.74) is 1.35. The van der Waals surface area contributed by atoms with Crippen LogP contribution in [0.1, 0.15) is 45.1 Å². The van der Waals surface area contributed by atoms with Gasteiger partial charge in [-0.25, -0.2) is 9.13 Å². The molecule has 0 aliphatic carbocycles. The fourth-order valence-electron chi connectivity index (χ4n) is 2.65. The Labute approximate surface area is 139 Å². The van der Waals surface area contributed by atoms with E-state index in [1.807, 2.05) is 0 Å². The van der Waals surface area contributed by atoms with Gasteiger partial charge in [-0.1, -0.05) is 57.0 Å². The van der Waals surface area contributed by atoms with Crippen molar-refractivity contribution in [2.24, 2.45) is 5.92 Å². The predicted molar refractivity (Wildman–Crippen MR) is 89.5 cm³/mol. The van der Waals surface area contributed by atoms with Gasteiger partial charge < -0.3 is 9.90 Å². The standard InChI is InChI=1S/C18H27N2.CH2O2/c1-3-5-9-17(4-2)14-19-12-13-20(16-19)15-18-10-7-6-8-11-18;2-1-3/h6-8,10-13,16-17H,3-5,9,14-15H2,1-2H3;1H,(H,2,3)/q+1;/p-1. The Morgan fingerprint density at radius 1 is 1.26 bits per heavy atom. The zero-order valence-corrected chi connectivity index (χ0v) is 14.2. The highest BCUT2D eigenvalue weighted by Crippen LogP contribution is 2.14. The topological polar surface area (TPSA) is 48.9 Å². The summed E-state index contributed by atoms with van der Waals surface area (Å²) < 4.78 is 4.61. The molecule has 0 radical (unpaired) electrons. The number of rotatable bonds is 8. The first kappa shape index (κ1) is 18.9. The molecule has 1 heterocycles. The van der Waals surface area contributed by atoms with E-state index in [2.05, 4.69) is 72.0 Å². The minimum atomic E-state index is -0.500. The maximum Gasteiger partial charge on any atom is 0.244 e. The molecule has 0 fully saturated rings. The van der Waals surface area contributed by atoms with Crippen LogP contribution < -0.4 is 9.67 Å². The number of benzene rings is 1. The summed E-state index contributed by atoms with van der Waals surface area (Å²) in [5, 5.41) is 8.25. The van der Waals surface area contributed by atoms with Gasteiger partial charge >= 0.3 is 0 Å². The summed E-state index contributed by atoms with van der Waals surface area (Å²) in [4.78, 5) is 8.25. The fraction of sp³-hybridized carbons (Fsp3) is 0.474. The third-order valence-electron chi connectivity index (χ3n) is 3.97. The van der Waals surface area contributed by atoms with E-state index in [1.54, 1.807) is 0 Å². The Bertz CT molecular complexity index is 537. The van der Waals surface area contributed by atoms with Crippen LogP contribution in [0.25, 0.3) is 0 Å². The molecule has 0 saturated carbocycles. The van der Waals surface area contributed by atoms with E-state index < -0.39 is 6.47 Å². The van der Waals surface area contributed by atoms with Crippen molar-refractivity contribution in [2.75, 3.05) is 0 Å². The molecule has 0 bridgehead atoms. The number of aromatic nitrogens is 2. The average Bonchev–Trinajstić information content (AvgIpc) is 3.00. The largest absolute Gasteiger partial charge is 0.554 e. The number of hydrogen-bond acceptors (Lipinski definition) is 2. The van der Waals surface area contributed by atoms with Crippen molar-refractivity contribution in [3.63, 3.8) is 0 Å². The first-order chi connectivity index (χ1) is 11.2. The van der Waals surface area contributed by atoms with Gasteiger partial charge in [0.05, 0.1) is 6.54 Å². The van der Waals surface area contributed by atoms with Gasteiger partial charge in [0, 0.05) is 6.47 Å². The maximum absolute atomic E-state index is 8.25. The van der Waals surface area contributed by atoms with E-state index in [1.165, 1.54) is 31.2 Å². The van der Waals surface area contributed by atoms with Crippen LogP contribution in [0.3, 0.4) is 0 Å². The molecule has 1 aromatic heterocycles. The zero-order valence-electron chi connectivity index (χ0n) is 14.2. The molecular formula is C19H28N2O2. The molecule has 0 aliphatic heterocycles. The van der Waals surface area contributed by atoms with Gasteiger partial charge in [0.25, 0.3) is 0 Å². The smallest absolute Gasteiger partial charge is 0.244 e. The lowest BCUT2D eigenvalue weighted by Crippen LogP contribution is -2.31. The number of carbonyl (C=O) groups excluding carboxylic acids is 1. The number of nitrogens with zero attached hydrogens (tertiary/aromatic N) is 2. The predicted octanol–water partition coefficient (Wildman–Crippen LogP) is 2.41. The number of carbonyl (C=O) groups is 1. The summed E-state index contributed by atoms with van der Waals surface area (Å²) in [7, 11) is 0. The van der Waals surface area contributed by atoms with E-state index in [4.69, 9.17) is 9.90 Å². The molecule has 0 spiro atoms. The quantitative estimate of drug-likeness (QED) is 0.555. The van der Waals surface area contributed by atoms with Crippen LogP contribution in [-0.4, -0.2) is 11.0 Å². The molecule has 23 heavy (non-hydrogen) atoms. The van der Waals surface area contributed by atoms with Gasteiger partial charge in [-0.3, -0.25) is 0 Å². The Morgan fingerprint density at radius 3 is 2.57 bits per heavy atom. The van der Waals surface area contributed by atoms with Crippen molar-refractivity contribution in [3.8, 4) is 0 Å². The Balaban J connectivity index is 0.000000816. The van der Waals surface area contributed by atoms with Crippen LogP contribution >= 0.6 is 0 Å². The Kier molecular flexibility index (Phi) is 9.45. The van der Waals surface area contributed by atoms with Gasteiger partial charge in [0.2, 0.25) is 6.33 Å². The second kappa shape index (κ2) is 11.5. The van der Waals surface area contributed by atoms with Gasteiger partial charge in [-0.15, -0.1) is 0 Å². The summed E-state index contributed by atoms with van der Waals surface area (Å²) in [6.07, 6.45) is 11.9. The summed E-state index contributed by atoms with van der Waals surface area (Å²) >= 11 is 0. The first-order valence-corrected chi connectivity index (χ1v) is 8.37. The van der Waals surface area contributed by atoms with Crippen LogP contribution in [0.4, 0.5) is 0 Å². The normalized spacial score (nSPS) is 11.4. The summed E-state index contributed by atoms with van der Waals surface area (Å²) in [6, 6.07) is 10.6. The van der Waals surface area contributed by atoms with Gasteiger partial charge in [-0.05, 0) is 24.3 Å². The number of unbranched alkanes of at least 4 members (excludes halogenated alkanes) is 1. The molecule has 126 valence electrons. The molecule has 1 atom stereocenters. The van der Waals surface area contributed by atoms with E-state index in [0.717, 1.165) is 19.0 Å². The van der Waals surface area contributed by atoms with Crippen molar-refractivity contribution in [3.05, 3.63) is 54.6 Å². The molecule has 0 amide bonds. The van der Waals surface area contributed by atoms with E-state index >= 15 is 0 Å². The molecule has 2 rings (SSSR count). The minimum Gasteiger partial charge on any atom is -0.554 e. The zero-order chi connectivity index (χ0) is 16.9. The summed E-state index contributed by atoms with van der Waals surface area (Å²) in [6.45, 7) is 6.19. The van der Waals surface area contributed by atoms with Crippen LogP contribution in [0.2, 0.25) is 0 Å². The molecule has 2 aromatic rings. The number of imidazole rings is 1. The first-order valence-electron chi connectivity index (χ1n) is 8.37. The molecule has 1 aromatic carbocycles. The van der Waals surface area contributed by atoms with E-state index in [0.29, 0.717) is 0 Å². The molecule has 0 saturated heterocycles.